The molecule has 7 nitrogen and oxygen atoms in total. The number of nitrogens with zero attached hydrogens (tertiary/aromatic N) is 4. The van der Waals surface area contributed by atoms with Gasteiger partial charge < -0.3 is 14.5 Å². The molecule has 0 saturated carbocycles. The predicted octanol–water partition coefficient (Wildman–Crippen LogP) is 2.36. The standard InChI is InChI=1S/C22H22F2N4O3/c1-22(2,3)31-21(30)26-9-10-27-16(12-26)13-28-18(27)11-15(25-20(28)29)8-7-14-5-4-6-17(23)19(14)24/h4-6,11,16H,9-10,12-13H2,1-3H3. The molecule has 3 heterocycles. The van der Waals surface area contributed by atoms with E-state index in [-0.39, 0.29) is 23.4 Å². The van der Waals surface area contributed by atoms with E-state index in [1.54, 1.807) is 11.0 Å². The average Bonchev–Trinajstić information content (AvgIpc) is 3.06. The van der Waals surface area contributed by atoms with Gasteiger partial charge in [0, 0.05) is 25.7 Å². The second-order valence-electron chi connectivity index (χ2n) is 8.52. The first-order chi connectivity index (χ1) is 14.6. The molecule has 162 valence electrons. The van der Waals surface area contributed by atoms with Gasteiger partial charge in [-0.15, -0.1) is 0 Å². The summed E-state index contributed by atoms with van der Waals surface area (Å²) in [5, 5.41) is 0. The zero-order valence-electron chi connectivity index (χ0n) is 17.5. The molecule has 2 aliphatic rings. The van der Waals surface area contributed by atoms with Gasteiger partial charge in [0.05, 0.1) is 18.2 Å². The molecule has 1 aromatic heterocycles. The van der Waals surface area contributed by atoms with Gasteiger partial charge in [-0.25, -0.2) is 18.4 Å². The summed E-state index contributed by atoms with van der Waals surface area (Å²) in [6, 6.07) is 5.31. The highest BCUT2D eigenvalue weighted by atomic mass is 19.2. The number of amides is 1. The largest absolute Gasteiger partial charge is 0.444 e. The zero-order chi connectivity index (χ0) is 22.3. The van der Waals surface area contributed by atoms with Crippen LogP contribution in [0.15, 0.2) is 29.1 Å². The highest BCUT2D eigenvalue weighted by molar-refractivity contribution is 5.69. The monoisotopic (exact) mass is 428 g/mol. The molecule has 0 bridgehead atoms. The van der Waals surface area contributed by atoms with Crippen molar-refractivity contribution in [2.75, 3.05) is 24.5 Å². The topological polar surface area (TPSA) is 67.7 Å². The molecule has 1 unspecified atom stereocenters. The minimum Gasteiger partial charge on any atom is -0.444 e. The van der Waals surface area contributed by atoms with Crippen molar-refractivity contribution in [1.82, 2.24) is 14.5 Å². The Hall–Kier alpha value is -3.41. The van der Waals surface area contributed by atoms with Gasteiger partial charge in [-0.05, 0) is 38.8 Å². The van der Waals surface area contributed by atoms with Crippen molar-refractivity contribution >= 4 is 11.9 Å². The van der Waals surface area contributed by atoms with Crippen LogP contribution in [0.4, 0.5) is 19.4 Å². The Morgan fingerprint density at radius 1 is 1.19 bits per heavy atom. The fraction of sp³-hybridized carbons (Fsp3) is 0.409. The minimum atomic E-state index is -1.04. The van der Waals surface area contributed by atoms with Crippen LogP contribution in [0, 0.1) is 23.5 Å². The number of anilines is 1. The van der Waals surface area contributed by atoms with Gasteiger partial charge in [0.1, 0.15) is 17.1 Å². The van der Waals surface area contributed by atoms with Crippen LogP contribution in [0.5, 0.6) is 0 Å². The Labute approximate surface area is 178 Å². The van der Waals surface area contributed by atoms with Crippen molar-refractivity contribution in [2.45, 2.75) is 39.0 Å². The summed E-state index contributed by atoms with van der Waals surface area (Å²) >= 11 is 0. The number of benzene rings is 1. The fourth-order valence-electron chi connectivity index (χ4n) is 3.72. The number of fused-ring (bicyclic) bond motifs is 3. The quantitative estimate of drug-likeness (QED) is 0.603. The lowest BCUT2D eigenvalue weighted by Crippen LogP contribution is -2.54. The van der Waals surface area contributed by atoms with E-state index >= 15 is 0 Å². The van der Waals surface area contributed by atoms with E-state index < -0.39 is 22.9 Å². The summed E-state index contributed by atoms with van der Waals surface area (Å²) in [4.78, 5) is 32.6. The molecule has 1 atom stereocenters. The summed E-state index contributed by atoms with van der Waals surface area (Å²) in [5.74, 6) is 3.82. The van der Waals surface area contributed by atoms with Crippen LogP contribution in [0.3, 0.4) is 0 Å². The van der Waals surface area contributed by atoms with Crippen LogP contribution in [0.25, 0.3) is 0 Å². The third kappa shape index (κ3) is 4.24. The van der Waals surface area contributed by atoms with E-state index in [4.69, 9.17) is 4.74 Å². The summed E-state index contributed by atoms with van der Waals surface area (Å²) < 4.78 is 34.2. The molecule has 9 heteroatoms. The Bertz CT molecular complexity index is 1160. The first kappa shape index (κ1) is 20.8. The maximum Gasteiger partial charge on any atom is 0.410 e. The van der Waals surface area contributed by atoms with Crippen LogP contribution < -0.4 is 10.6 Å². The van der Waals surface area contributed by atoms with Gasteiger partial charge >= 0.3 is 11.8 Å². The van der Waals surface area contributed by atoms with Gasteiger partial charge in [0.2, 0.25) is 0 Å². The normalized spacial score (nSPS) is 17.5. The smallest absolute Gasteiger partial charge is 0.410 e. The molecule has 0 N–H and O–H groups in total. The van der Waals surface area contributed by atoms with Crippen molar-refractivity contribution in [3.63, 3.8) is 0 Å². The molecule has 1 aromatic carbocycles. The first-order valence-electron chi connectivity index (χ1n) is 9.95. The van der Waals surface area contributed by atoms with E-state index in [0.717, 1.165) is 6.07 Å². The maximum absolute atomic E-state index is 13.8. The number of hydrogen-bond donors (Lipinski definition) is 0. The lowest BCUT2D eigenvalue weighted by molar-refractivity contribution is 0.0216. The minimum absolute atomic E-state index is 0.0837. The molecule has 2 aromatic rings. The summed E-state index contributed by atoms with van der Waals surface area (Å²) in [6.07, 6.45) is -0.378. The molecular formula is C22H22F2N4O3. The van der Waals surface area contributed by atoms with Gasteiger partial charge in [0.15, 0.2) is 11.6 Å². The predicted molar refractivity (Wildman–Crippen MR) is 110 cm³/mol. The lowest BCUT2D eigenvalue weighted by atomic mass is 10.2. The van der Waals surface area contributed by atoms with Crippen LogP contribution >= 0.6 is 0 Å². The summed E-state index contributed by atoms with van der Waals surface area (Å²) in [5.41, 5.74) is -0.983. The molecule has 31 heavy (non-hydrogen) atoms. The van der Waals surface area contributed by atoms with E-state index in [2.05, 4.69) is 16.8 Å². The second kappa shape index (κ2) is 7.69. The van der Waals surface area contributed by atoms with Crippen LogP contribution in [-0.2, 0) is 11.3 Å². The Morgan fingerprint density at radius 3 is 2.71 bits per heavy atom. The van der Waals surface area contributed by atoms with Gasteiger partial charge in [0.25, 0.3) is 0 Å². The zero-order valence-corrected chi connectivity index (χ0v) is 17.5. The van der Waals surface area contributed by atoms with E-state index in [1.807, 2.05) is 25.7 Å². The average molecular weight is 428 g/mol. The van der Waals surface area contributed by atoms with E-state index in [1.165, 1.54) is 16.7 Å². The maximum atomic E-state index is 13.8. The Kier molecular flexibility index (Phi) is 5.17. The van der Waals surface area contributed by atoms with Gasteiger partial charge in [-0.1, -0.05) is 12.0 Å². The van der Waals surface area contributed by atoms with Crippen molar-refractivity contribution in [3.05, 3.63) is 57.6 Å². The number of piperazine rings is 1. The Balaban J connectivity index is 1.56. The number of carbonyl (C=O) groups excluding carboxylic acids is 1. The number of hydrogen-bond acceptors (Lipinski definition) is 5. The molecule has 4 rings (SSSR count). The molecular weight excluding hydrogens is 406 g/mol. The summed E-state index contributed by atoms with van der Waals surface area (Å²) in [6.45, 7) is 7.25. The molecule has 2 aliphatic heterocycles. The number of ether oxygens (including phenoxy) is 1. The van der Waals surface area contributed by atoms with Crippen LogP contribution in [-0.4, -0.2) is 51.8 Å². The SMILES string of the molecule is CC(C)(C)OC(=O)N1CCN2c3cc(C#Cc4cccc(F)c4F)nc(=O)n3CC2C1. The van der Waals surface area contributed by atoms with E-state index in [9.17, 15) is 18.4 Å². The molecule has 1 saturated heterocycles. The van der Waals surface area contributed by atoms with Crippen LogP contribution in [0.2, 0.25) is 0 Å². The van der Waals surface area contributed by atoms with E-state index in [0.29, 0.717) is 32.0 Å². The first-order valence-corrected chi connectivity index (χ1v) is 9.95. The Morgan fingerprint density at radius 2 is 1.97 bits per heavy atom. The fourth-order valence-corrected chi connectivity index (χ4v) is 3.72. The van der Waals surface area contributed by atoms with Crippen LogP contribution in [0.1, 0.15) is 32.0 Å². The molecule has 1 fully saturated rings. The second-order valence-corrected chi connectivity index (χ2v) is 8.52. The number of aromatic nitrogens is 2. The summed E-state index contributed by atoms with van der Waals surface area (Å²) in [7, 11) is 0. The highest BCUT2D eigenvalue weighted by Crippen LogP contribution is 2.28. The molecule has 0 aliphatic carbocycles. The molecule has 1 amide bonds. The molecule has 0 radical (unpaired) electrons. The third-order valence-corrected chi connectivity index (χ3v) is 5.09. The van der Waals surface area contributed by atoms with Crippen molar-refractivity contribution in [3.8, 4) is 11.8 Å². The number of carbonyl (C=O) groups is 1. The van der Waals surface area contributed by atoms with Crippen molar-refractivity contribution in [1.29, 1.82) is 0 Å². The third-order valence-electron chi connectivity index (χ3n) is 5.09. The molecule has 0 spiro atoms. The van der Waals surface area contributed by atoms with Crippen molar-refractivity contribution < 1.29 is 18.3 Å². The van der Waals surface area contributed by atoms with Crippen molar-refractivity contribution in [2.24, 2.45) is 0 Å². The number of rotatable bonds is 0. The van der Waals surface area contributed by atoms with Gasteiger partial charge in [-0.2, -0.15) is 4.98 Å². The van der Waals surface area contributed by atoms with Gasteiger partial charge in [-0.3, -0.25) is 4.57 Å². The lowest BCUT2D eigenvalue weighted by Gasteiger charge is -2.38. The highest BCUT2D eigenvalue weighted by Gasteiger charge is 2.38. The number of halogens is 2.